The molecule has 33 heavy (non-hydrogen) atoms. The van der Waals surface area contributed by atoms with Gasteiger partial charge in [-0.3, -0.25) is 4.98 Å². The molecule has 1 atom stereocenters. The fraction of sp³-hybridized carbons (Fsp3) is 0.423. The topological polar surface area (TPSA) is 28.2 Å². The molecule has 1 aliphatic heterocycles. The summed E-state index contributed by atoms with van der Waals surface area (Å²) < 4.78 is 54.2. The minimum absolute atomic E-state index is 0.00672. The minimum atomic E-state index is -4.42. The highest BCUT2D eigenvalue weighted by Gasteiger charge is 2.32. The molecule has 2 heterocycles. The Morgan fingerprint density at radius 3 is 2.58 bits per heavy atom. The monoisotopic (exact) mass is 463 g/mol. The smallest absolute Gasteiger partial charge is 0.377 e. The predicted octanol–water partition coefficient (Wildman–Crippen LogP) is 6.64. The Hall–Kier alpha value is -2.67. The lowest BCUT2D eigenvalue weighted by Gasteiger charge is -2.21. The lowest BCUT2D eigenvalue weighted by molar-refractivity contribution is -0.0884. The van der Waals surface area contributed by atoms with E-state index in [4.69, 9.17) is 0 Å². The molecule has 0 aromatic carbocycles. The summed E-state index contributed by atoms with van der Waals surface area (Å²) in [5, 5.41) is 3.44. The van der Waals surface area contributed by atoms with Crippen LogP contribution in [0.5, 0.6) is 0 Å². The number of halogens is 4. The molecule has 1 N–H and O–H groups in total. The summed E-state index contributed by atoms with van der Waals surface area (Å²) in [4.78, 5) is 5.98. The van der Waals surface area contributed by atoms with E-state index in [1.807, 2.05) is 27.0 Å². The lowest BCUT2D eigenvalue weighted by atomic mass is 9.96. The van der Waals surface area contributed by atoms with Gasteiger partial charge in [-0.05, 0) is 68.5 Å². The Labute approximate surface area is 194 Å². The van der Waals surface area contributed by atoms with Gasteiger partial charge in [-0.25, -0.2) is 4.39 Å². The highest BCUT2D eigenvalue weighted by Crippen LogP contribution is 2.32. The van der Waals surface area contributed by atoms with Crippen LogP contribution in [0.15, 0.2) is 76.8 Å². The van der Waals surface area contributed by atoms with Crippen molar-refractivity contribution >= 4 is 0 Å². The molecule has 1 saturated heterocycles. The second-order valence-corrected chi connectivity index (χ2v) is 8.30. The van der Waals surface area contributed by atoms with Gasteiger partial charge in [0.1, 0.15) is 5.82 Å². The van der Waals surface area contributed by atoms with E-state index in [0.717, 1.165) is 41.6 Å². The van der Waals surface area contributed by atoms with E-state index in [1.54, 1.807) is 32.2 Å². The number of alkyl halides is 3. The third-order valence-electron chi connectivity index (χ3n) is 5.42. The molecule has 0 amide bonds. The van der Waals surface area contributed by atoms with E-state index in [0.29, 0.717) is 18.5 Å². The first kappa shape index (κ1) is 26.6. The number of aromatic nitrogens is 1. The van der Waals surface area contributed by atoms with Crippen molar-refractivity contribution in [1.29, 1.82) is 0 Å². The lowest BCUT2D eigenvalue weighted by Crippen LogP contribution is -2.29. The number of pyridine rings is 1. The van der Waals surface area contributed by atoms with E-state index in [-0.39, 0.29) is 11.9 Å². The van der Waals surface area contributed by atoms with Crippen molar-refractivity contribution in [1.82, 2.24) is 15.2 Å². The first-order valence-corrected chi connectivity index (χ1v) is 11.1. The van der Waals surface area contributed by atoms with Gasteiger partial charge in [-0.2, -0.15) is 13.2 Å². The molecule has 0 aliphatic carbocycles. The molecule has 3 nitrogen and oxygen atoms in total. The predicted molar refractivity (Wildman–Crippen MR) is 126 cm³/mol. The molecule has 2 rings (SSSR count). The normalized spacial score (nSPS) is 19.1. The number of nitrogens with one attached hydrogen (secondary N) is 1. The van der Waals surface area contributed by atoms with Crippen LogP contribution in [0.25, 0.3) is 0 Å². The van der Waals surface area contributed by atoms with Crippen LogP contribution in [0.4, 0.5) is 17.6 Å². The average Bonchev–Trinajstić information content (AvgIpc) is 3.08. The Balaban J connectivity index is 2.42. The van der Waals surface area contributed by atoms with E-state index in [1.165, 1.54) is 18.2 Å². The zero-order valence-corrected chi connectivity index (χ0v) is 19.9. The van der Waals surface area contributed by atoms with Crippen molar-refractivity contribution in [3.63, 3.8) is 0 Å². The maximum atomic E-state index is 13.6. The van der Waals surface area contributed by atoms with Crippen LogP contribution in [0, 0.1) is 5.82 Å². The van der Waals surface area contributed by atoms with Crippen molar-refractivity contribution in [2.24, 2.45) is 0 Å². The minimum Gasteiger partial charge on any atom is -0.377 e. The van der Waals surface area contributed by atoms with Crippen molar-refractivity contribution in [3.8, 4) is 0 Å². The fourth-order valence-corrected chi connectivity index (χ4v) is 3.78. The molecule has 0 spiro atoms. The zero-order chi connectivity index (χ0) is 24.6. The second-order valence-electron chi connectivity index (χ2n) is 8.30. The van der Waals surface area contributed by atoms with Crippen LogP contribution in [-0.2, 0) is 6.54 Å². The van der Waals surface area contributed by atoms with E-state index in [9.17, 15) is 17.6 Å². The maximum absolute atomic E-state index is 13.6. The van der Waals surface area contributed by atoms with Gasteiger partial charge in [0.25, 0.3) is 0 Å². The zero-order valence-electron chi connectivity index (χ0n) is 19.9. The first-order chi connectivity index (χ1) is 15.6. The van der Waals surface area contributed by atoms with Crippen LogP contribution in [-0.4, -0.2) is 35.7 Å². The highest BCUT2D eigenvalue weighted by molar-refractivity contribution is 5.53. The molecular formula is C26H33F4N3. The van der Waals surface area contributed by atoms with Crippen molar-refractivity contribution in [2.75, 3.05) is 13.6 Å². The molecule has 1 aromatic heterocycles. The fourth-order valence-electron chi connectivity index (χ4n) is 3.78. The van der Waals surface area contributed by atoms with Crippen molar-refractivity contribution in [2.45, 2.75) is 59.3 Å². The van der Waals surface area contributed by atoms with E-state index in [2.05, 4.69) is 15.2 Å². The molecule has 1 fully saturated rings. The Bertz CT molecular complexity index is 964. The van der Waals surface area contributed by atoms with Gasteiger partial charge in [0.05, 0.1) is 11.8 Å². The van der Waals surface area contributed by atoms with Gasteiger partial charge < -0.3 is 10.2 Å². The number of hydrogen-bond donors (Lipinski definition) is 1. The summed E-state index contributed by atoms with van der Waals surface area (Å²) >= 11 is 0. The average molecular weight is 464 g/mol. The summed E-state index contributed by atoms with van der Waals surface area (Å²) in [5.41, 5.74) is 3.25. The van der Waals surface area contributed by atoms with Gasteiger partial charge in [-0.15, -0.1) is 0 Å². The number of nitrogens with zero attached hydrogens (tertiary/aromatic N) is 2. The van der Waals surface area contributed by atoms with Gasteiger partial charge in [0.2, 0.25) is 0 Å². The number of likely N-dealkylation sites (tertiary alicyclic amines) is 1. The van der Waals surface area contributed by atoms with Crippen molar-refractivity contribution < 1.29 is 17.6 Å². The standard InChI is InChI=1S/C26H33F4N3/c1-6-8-20(13-21(9-7-2)26(28,29)30)23(18(3)4)14-25-24(10-11-33(25)5)32-16-19-12-22(27)17-31-15-19/h6,8-9,12-15,17,24,32H,7,10-11,16H2,1-5H3/b8-6-,20-13+,21-9-,25-14-. The summed E-state index contributed by atoms with van der Waals surface area (Å²) in [5.74, 6) is -0.387. The Kier molecular flexibility index (Phi) is 9.65. The van der Waals surface area contributed by atoms with Crippen LogP contribution < -0.4 is 5.32 Å². The van der Waals surface area contributed by atoms with Crippen molar-refractivity contribution in [3.05, 3.63) is 88.2 Å². The molecule has 7 heteroatoms. The van der Waals surface area contributed by atoms with Gasteiger partial charge >= 0.3 is 6.18 Å². The van der Waals surface area contributed by atoms with Crippen LogP contribution in [0.3, 0.4) is 0 Å². The molecule has 1 aliphatic rings. The van der Waals surface area contributed by atoms with Gasteiger partial charge in [0, 0.05) is 38.1 Å². The SMILES string of the molecule is C\C=C/C(=C\C(=C\CC)C(F)(F)F)C(/C=C1/C(NCc2cncc(F)c2)CCN1C)=C(C)C. The third kappa shape index (κ3) is 7.70. The molecular weight excluding hydrogens is 430 g/mol. The number of allylic oxidation sites excluding steroid dienone is 9. The van der Waals surface area contributed by atoms with Gasteiger partial charge in [-0.1, -0.05) is 30.7 Å². The molecule has 0 saturated carbocycles. The molecule has 180 valence electrons. The molecule has 0 radical (unpaired) electrons. The molecule has 1 aromatic rings. The van der Waals surface area contributed by atoms with E-state index < -0.39 is 11.7 Å². The highest BCUT2D eigenvalue weighted by atomic mass is 19.4. The van der Waals surface area contributed by atoms with E-state index >= 15 is 0 Å². The number of likely N-dealkylation sites (N-methyl/N-ethyl adjacent to an activating group) is 1. The summed E-state index contributed by atoms with van der Waals surface area (Å²) in [6, 6.07) is 1.43. The Morgan fingerprint density at radius 2 is 2.00 bits per heavy atom. The number of rotatable bonds is 8. The Morgan fingerprint density at radius 1 is 1.27 bits per heavy atom. The summed E-state index contributed by atoms with van der Waals surface area (Å²) in [6.45, 7) is 8.54. The third-order valence-corrected chi connectivity index (χ3v) is 5.42. The molecule has 1 unspecified atom stereocenters. The first-order valence-electron chi connectivity index (χ1n) is 11.1. The summed E-state index contributed by atoms with van der Waals surface area (Å²) in [7, 11) is 1.97. The summed E-state index contributed by atoms with van der Waals surface area (Å²) in [6.07, 6.45) is 7.35. The maximum Gasteiger partial charge on any atom is 0.416 e. The van der Waals surface area contributed by atoms with Crippen LogP contribution >= 0.6 is 0 Å². The van der Waals surface area contributed by atoms with Gasteiger partial charge in [0.15, 0.2) is 0 Å². The van der Waals surface area contributed by atoms with Crippen LogP contribution in [0.2, 0.25) is 0 Å². The number of hydrogen-bond acceptors (Lipinski definition) is 3. The quantitative estimate of drug-likeness (QED) is 0.346. The van der Waals surface area contributed by atoms with Crippen LogP contribution in [0.1, 0.15) is 46.1 Å². The second kappa shape index (κ2) is 12.0. The largest absolute Gasteiger partial charge is 0.416 e. The molecule has 0 bridgehead atoms.